The summed E-state index contributed by atoms with van der Waals surface area (Å²) in [6.45, 7) is -0.401. The van der Waals surface area contributed by atoms with Crippen molar-refractivity contribution < 1.29 is 29.6 Å². The number of aromatic nitrogens is 4. The predicted octanol–water partition coefficient (Wildman–Crippen LogP) is -2.71. The highest BCUT2D eigenvalue weighted by atomic mass is 17.0. The largest absolute Gasteiger partial charge is 0.391 e. The fourth-order valence-electron chi connectivity index (χ4n) is 4.17. The van der Waals surface area contributed by atoms with Crippen molar-refractivity contribution in [2.75, 3.05) is 13.2 Å². The minimum Gasteiger partial charge on any atom is -0.391 e. The maximum atomic E-state index is 12.5. The molecule has 2 N–H and O–H groups in total. The van der Waals surface area contributed by atoms with Crippen LogP contribution >= 0.6 is 0 Å². The maximum Gasteiger partial charge on any atom is 0.332 e. The van der Waals surface area contributed by atoms with Crippen LogP contribution in [0, 0.1) is 10.1 Å². The van der Waals surface area contributed by atoms with E-state index in [9.17, 15) is 29.9 Å². The van der Waals surface area contributed by atoms with Crippen molar-refractivity contribution >= 4 is 11.2 Å². The lowest BCUT2D eigenvalue weighted by atomic mass is 9.90. The minimum atomic E-state index is -1.59. The molecule has 0 aromatic carbocycles. The molecule has 0 saturated carbocycles. The van der Waals surface area contributed by atoms with Crippen LogP contribution in [0.2, 0.25) is 0 Å². The third-order valence-corrected chi connectivity index (χ3v) is 5.60. The molecule has 4 rings (SSSR count). The number of hydrogen-bond donors (Lipinski definition) is 2. The molecular weight excluding hydrogens is 406 g/mol. The zero-order chi connectivity index (χ0) is 21.8. The van der Waals surface area contributed by atoms with Crippen LogP contribution in [0.4, 0.5) is 0 Å². The fraction of sp³-hybridized carbons (Fsp3) is 0.688. The Hall–Kier alpha value is -2.81. The molecule has 14 nitrogen and oxygen atoms in total. The minimum absolute atomic E-state index is 0.0849. The molecule has 0 bridgehead atoms. The van der Waals surface area contributed by atoms with Gasteiger partial charge in [-0.3, -0.25) is 13.9 Å². The summed E-state index contributed by atoms with van der Waals surface area (Å²) in [5.74, 6) is 0. The first-order chi connectivity index (χ1) is 14.1. The molecule has 5 atom stereocenters. The van der Waals surface area contributed by atoms with E-state index in [-0.39, 0.29) is 37.3 Å². The molecule has 2 aliphatic heterocycles. The molecule has 2 aromatic rings. The van der Waals surface area contributed by atoms with E-state index in [1.165, 1.54) is 29.6 Å². The number of aliphatic hydroxyl groups excluding tert-OH is 1. The van der Waals surface area contributed by atoms with Crippen molar-refractivity contribution in [1.82, 2.24) is 18.7 Å². The van der Waals surface area contributed by atoms with Crippen LogP contribution in [-0.2, 0) is 35.0 Å². The third-order valence-electron chi connectivity index (χ3n) is 5.60. The Morgan fingerprint density at radius 3 is 2.83 bits per heavy atom. The smallest absolute Gasteiger partial charge is 0.332 e. The van der Waals surface area contributed by atoms with Gasteiger partial charge in [0.1, 0.15) is 17.8 Å². The van der Waals surface area contributed by atoms with Gasteiger partial charge in [0.05, 0.1) is 32.2 Å². The summed E-state index contributed by atoms with van der Waals surface area (Å²) in [6, 6.07) is 0. The Bertz CT molecular complexity index is 1110. The van der Waals surface area contributed by atoms with Crippen molar-refractivity contribution in [3.63, 3.8) is 0 Å². The van der Waals surface area contributed by atoms with E-state index in [0.717, 1.165) is 4.57 Å². The number of hydrogen-bond acceptors (Lipinski definition) is 10. The van der Waals surface area contributed by atoms with Gasteiger partial charge in [0.25, 0.3) is 10.6 Å². The lowest BCUT2D eigenvalue weighted by Crippen LogP contribution is -2.47. The van der Waals surface area contributed by atoms with E-state index < -0.39 is 46.4 Å². The molecule has 2 aromatic heterocycles. The van der Waals surface area contributed by atoms with Crippen molar-refractivity contribution in [3.8, 4) is 0 Å². The van der Waals surface area contributed by atoms with Crippen LogP contribution < -0.4 is 11.2 Å². The van der Waals surface area contributed by atoms with Crippen molar-refractivity contribution in [3.05, 3.63) is 37.3 Å². The van der Waals surface area contributed by atoms with Gasteiger partial charge in [-0.05, 0) is 0 Å². The van der Waals surface area contributed by atoms with E-state index >= 15 is 0 Å². The molecule has 164 valence electrons. The average Bonchev–Trinajstić information content (AvgIpc) is 3.35. The monoisotopic (exact) mass is 427 g/mol. The van der Waals surface area contributed by atoms with Gasteiger partial charge in [-0.25, -0.2) is 9.78 Å². The summed E-state index contributed by atoms with van der Waals surface area (Å²) in [5, 5.41) is 31.2. The van der Waals surface area contributed by atoms with Crippen LogP contribution in [0.1, 0.15) is 6.42 Å². The molecule has 4 heterocycles. The standard InChI is InChI=1S/C16H21N5O9/c1-18-13-10(14(23)19(2)15(18)24)20(7-17-13)4-8(22)3-16(25)6-29-11-9(30-21(26)27)5-28-12(11)16/h7-9,11-12,22,25H,3-6H2,1-2H3/t8?,9-,11+,12-,16+/m0/s1. The van der Waals surface area contributed by atoms with Gasteiger partial charge in [0.15, 0.2) is 17.3 Å². The van der Waals surface area contributed by atoms with E-state index in [0.29, 0.717) is 0 Å². The zero-order valence-corrected chi connectivity index (χ0v) is 16.2. The lowest BCUT2D eigenvalue weighted by Gasteiger charge is -2.29. The number of rotatable bonds is 6. The molecule has 1 unspecified atom stereocenters. The molecule has 0 spiro atoms. The normalized spacial score (nSPS) is 29.3. The average molecular weight is 427 g/mol. The van der Waals surface area contributed by atoms with Crippen LogP contribution in [-0.4, -0.2) is 77.2 Å². The Morgan fingerprint density at radius 1 is 1.40 bits per heavy atom. The van der Waals surface area contributed by atoms with E-state index in [1.807, 2.05) is 0 Å². The lowest BCUT2D eigenvalue weighted by molar-refractivity contribution is -0.769. The Morgan fingerprint density at radius 2 is 2.13 bits per heavy atom. The van der Waals surface area contributed by atoms with Crippen LogP contribution in [0.3, 0.4) is 0 Å². The summed E-state index contributed by atoms with van der Waals surface area (Å²) in [6.07, 6.45) is -2.66. The highest BCUT2D eigenvalue weighted by Crippen LogP contribution is 2.38. The molecule has 14 heteroatoms. The van der Waals surface area contributed by atoms with Crippen molar-refractivity contribution in [1.29, 1.82) is 0 Å². The predicted molar refractivity (Wildman–Crippen MR) is 97.1 cm³/mol. The summed E-state index contributed by atoms with van der Waals surface area (Å²) in [4.78, 5) is 43.7. The molecule has 2 saturated heterocycles. The van der Waals surface area contributed by atoms with Gasteiger partial charge < -0.3 is 29.1 Å². The number of aryl methyl sites for hydroxylation is 1. The van der Waals surface area contributed by atoms with E-state index in [4.69, 9.17) is 9.47 Å². The van der Waals surface area contributed by atoms with Gasteiger partial charge in [0.2, 0.25) is 0 Å². The van der Waals surface area contributed by atoms with E-state index in [2.05, 4.69) is 9.82 Å². The van der Waals surface area contributed by atoms with Crippen molar-refractivity contribution in [2.45, 2.75) is 43.0 Å². The molecular formula is C16H21N5O9. The van der Waals surface area contributed by atoms with Gasteiger partial charge >= 0.3 is 5.69 Å². The van der Waals surface area contributed by atoms with E-state index in [1.54, 1.807) is 0 Å². The third kappa shape index (κ3) is 3.17. The SMILES string of the molecule is Cn1c(=O)c2c(ncn2CC(O)C[C@@]2(O)CO[C@@H]3[C@@H](O[N+](=O)[O-])CO[C@@H]32)n(C)c1=O. The number of imidazole rings is 1. The summed E-state index contributed by atoms with van der Waals surface area (Å²) in [7, 11) is 2.83. The summed E-state index contributed by atoms with van der Waals surface area (Å²) < 4.78 is 14.5. The second kappa shape index (κ2) is 7.16. The van der Waals surface area contributed by atoms with Gasteiger partial charge in [0, 0.05) is 20.5 Å². The number of nitrogens with zero attached hydrogens (tertiary/aromatic N) is 5. The molecule has 30 heavy (non-hydrogen) atoms. The fourth-order valence-corrected chi connectivity index (χ4v) is 4.17. The molecule has 2 fully saturated rings. The second-order valence-corrected chi connectivity index (χ2v) is 7.63. The molecule has 0 amide bonds. The Balaban J connectivity index is 1.52. The van der Waals surface area contributed by atoms with Gasteiger partial charge in [-0.1, -0.05) is 0 Å². The highest BCUT2D eigenvalue weighted by molar-refractivity contribution is 5.69. The number of aliphatic hydroxyl groups is 2. The van der Waals surface area contributed by atoms with Gasteiger partial charge in [-0.15, -0.1) is 10.1 Å². The highest BCUT2D eigenvalue weighted by Gasteiger charge is 2.57. The summed E-state index contributed by atoms with van der Waals surface area (Å²) in [5.41, 5.74) is -2.35. The van der Waals surface area contributed by atoms with Crippen LogP contribution in [0.25, 0.3) is 11.2 Å². The maximum absolute atomic E-state index is 12.5. The molecule has 0 radical (unpaired) electrons. The first-order valence-electron chi connectivity index (χ1n) is 9.18. The quantitative estimate of drug-likeness (QED) is 0.364. The van der Waals surface area contributed by atoms with Crippen molar-refractivity contribution in [2.24, 2.45) is 14.1 Å². The molecule has 0 aliphatic carbocycles. The number of fused-ring (bicyclic) bond motifs is 2. The zero-order valence-electron chi connectivity index (χ0n) is 16.2. The van der Waals surface area contributed by atoms with Gasteiger partial charge in [-0.2, -0.15) is 0 Å². The Labute approximate surface area is 167 Å². The van der Waals surface area contributed by atoms with Crippen LogP contribution in [0.15, 0.2) is 15.9 Å². The first kappa shape index (κ1) is 20.5. The van der Waals surface area contributed by atoms with Crippen LogP contribution in [0.5, 0.6) is 0 Å². The molecule has 2 aliphatic rings. The summed E-state index contributed by atoms with van der Waals surface area (Å²) >= 11 is 0. The number of ether oxygens (including phenoxy) is 2. The Kier molecular flexibility index (Phi) is 4.88. The topological polar surface area (TPSA) is 173 Å². The second-order valence-electron chi connectivity index (χ2n) is 7.63. The first-order valence-corrected chi connectivity index (χ1v) is 9.18.